The minimum atomic E-state index is 0.0822. The SMILES string of the molecule is C[SiH2]Cc1cccc2c(N(C)C)cccc12. The molecule has 0 radical (unpaired) electrons. The molecule has 0 spiro atoms. The number of hydrogen-bond acceptors (Lipinski definition) is 1. The highest BCUT2D eigenvalue weighted by Crippen LogP contribution is 2.27. The fourth-order valence-electron chi connectivity index (χ4n) is 2.24. The maximum atomic E-state index is 2.37. The number of fused-ring (bicyclic) bond motifs is 1. The van der Waals surface area contributed by atoms with Gasteiger partial charge < -0.3 is 4.90 Å². The summed E-state index contributed by atoms with van der Waals surface area (Å²) in [6, 6.07) is 14.6. The molecule has 1 nitrogen and oxygen atoms in total. The van der Waals surface area contributed by atoms with Crippen LogP contribution in [0.4, 0.5) is 5.69 Å². The molecule has 16 heavy (non-hydrogen) atoms. The minimum Gasteiger partial charge on any atom is -0.377 e. The van der Waals surface area contributed by atoms with E-state index in [1.54, 1.807) is 0 Å². The summed E-state index contributed by atoms with van der Waals surface area (Å²) in [7, 11) is 4.30. The molecule has 0 aromatic heterocycles. The Bertz CT molecular complexity index is 491. The van der Waals surface area contributed by atoms with E-state index in [4.69, 9.17) is 0 Å². The summed E-state index contributed by atoms with van der Waals surface area (Å²) < 4.78 is 0. The van der Waals surface area contributed by atoms with Gasteiger partial charge in [0.25, 0.3) is 0 Å². The van der Waals surface area contributed by atoms with Crippen molar-refractivity contribution in [2.24, 2.45) is 0 Å². The second kappa shape index (κ2) is 4.70. The van der Waals surface area contributed by atoms with Gasteiger partial charge in [-0.3, -0.25) is 0 Å². The third-order valence-corrected chi connectivity index (χ3v) is 4.03. The van der Waals surface area contributed by atoms with Crippen molar-refractivity contribution in [2.75, 3.05) is 19.0 Å². The first kappa shape index (κ1) is 11.2. The van der Waals surface area contributed by atoms with Crippen molar-refractivity contribution in [3.05, 3.63) is 42.0 Å². The van der Waals surface area contributed by atoms with Crippen molar-refractivity contribution in [3.63, 3.8) is 0 Å². The molecule has 2 aromatic carbocycles. The zero-order valence-electron chi connectivity index (χ0n) is 10.3. The summed E-state index contributed by atoms with van der Waals surface area (Å²) in [6.45, 7) is 2.37. The van der Waals surface area contributed by atoms with Gasteiger partial charge >= 0.3 is 0 Å². The zero-order chi connectivity index (χ0) is 11.5. The third kappa shape index (κ3) is 1.98. The molecule has 0 amide bonds. The lowest BCUT2D eigenvalue weighted by Gasteiger charge is -2.16. The molecule has 0 heterocycles. The highest BCUT2D eigenvalue weighted by molar-refractivity contribution is 6.33. The first-order valence-electron chi connectivity index (χ1n) is 5.92. The van der Waals surface area contributed by atoms with Crippen LogP contribution in [-0.2, 0) is 6.04 Å². The predicted octanol–water partition coefficient (Wildman–Crippen LogP) is 2.62. The molecule has 2 aromatic rings. The van der Waals surface area contributed by atoms with Crippen LogP contribution in [0.15, 0.2) is 36.4 Å². The molecule has 0 aliphatic rings. The van der Waals surface area contributed by atoms with E-state index in [1.807, 2.05) is 0 Å². The maximum absolute atomic E-state index is 2.37. The molecule has 0 unspecified atom stereocenters. The molecule has 84 valence electrons. The summed E-state index contributed by atoms with van der Waals surface area (Å²) in [5, 5.41) is 2.82. The van der Waals surface area contributed by atoms with Gasteiger partial charge in [0.1, 0.15) is 0 Å². The maximum Gasteiger partial charge on any atom is 0.0440 e. The normalized spacial score (nSPS) is 11.4. The second-order valence-electron chi connectivity index (χ2n) is 4.43. The van der Waals surface area contributed by atoms with E-state index in [0.717, 1.165) is 0 Å². The Morgan fingerprint density at radius 3 is 2.38 bits per heavy atom. The van der Waals surface area contributed by atoms with Gasteiger partial charge in [-0.1, -0.05) is 36.9 Å². The van der Waals surface area contributed by atoms with E-state index >= 15 is 0 Å². The first-order chi connectivity index (χ1) is 7.74. The van der Waals surface area contributed by atoms with E-state index < -0.39 is 0 Å². The number of rotatable bonds is 3. The van der Waals surface area contributed by atoms with Gasteiger partial charge in [0.05, 0.1) is 0 Å². The summed E-state index contributed by atoms with van der Waals surface area (Å²) in [6.07, 6.45) is 0. The van der Waals surface area contributed by atoms with Crippen molar-refractivity contribution in [3.8, 4) is 0 Å². The zero-order valence-corrected chi connectivity index (χ0v) is 11.7. The smallest absolute Gasteiger partial charge is 0.0440 e. The topological polar surface area (TPSA) is 3.24 Å². The van der Waals surface area contributed by atoms with Gasteiger partial charge in [-0.25, -0.2) is 0 Å². The standard InChI is InChI=1S/C14H19NSi/c1-15(2)14-9-5-7-12-11(10-16-3)6-4-8-13(12)14/h4-9H,10,16H2,1-3H3. The second-order valence-corrected chi connectivity index (χ2v) is 5.93. The van der Waals surface area contributed by atoms with Gasteiger partial charge in [0, 0.05) is 34.7 Å². The van der Waals surface area contributed by atoms with E-state index in [2.05, 4.69) is 61.9 Å². The van der Waals surface area contributed by atoms with Crippen LogP contribution in [0.25, 0.3) is 10.8 Å². The molecule has 0 N–H and O–H groups in total. The molecule has 0 saturated heterocycles. The van der Waals surface area contributed by atoms with Gasteiger partial charge in [-0.2, -0.15) is 0 Å². The van der Waals surface area contributed by atoms with Gasteiger partial charge in [-0.05, 0) is 23.1 Å². The number of benzene rings is 2. The summed E-state index contributed by atoms with van der Waals surface area (Å²) >= 11 is 0. The predicted molar refractivity (Wildman–Crippen MR) is 76.4 cm³/mol. The lowest BCUT2D eigenvalue weighted by molar-refractivity contribution is 1.14. The molecule has 2 heteroatoms. The quantitative estimate of drug-likeness (QED) is 0.731. The van der Waals surface area contributed by atoms with Crippen LogP contribution in [0.2, 0.25) is 6.55 Å². The fraction of sp³-hybridized carbons (Fsp3) is 0.286. The average molecular weight is 229 g/mol. The molecule has 0 fully saturated rings. The molecule has 0 bridgehead atoms. The van der Waals surface area contributed by atoms with Crippen LogP contribution in [-0.4, -0.2) is 23.6 Å². The molecular weight excluding hydrogens is 210 g/mol. The Morgan fingerprint density at radius 2 is 1.69 bits per heavy atom. The Kier molecular flexibility index (Phi) is 3.30. The van der Waals surface area contributed by atoms with Crippen molar-refractivity contribution in [1.29, 1.82) is 0 Å². The number of nitrogens with zero attached hydrogens (tertiary/aromatic N) is 1. The lowest BCUT2D eigenvalue weighted by atomic mass is 10.0. The van der Waals surface area contributed by atoms with Crippen LogP contribution < -0.4 is 4.90 Å². The minimum absolute atomic E-state index is 0.0822. The molecule has 0 saturated carbocycles. The average Bonchev–Trinajstić information content (AvgIpc) is 2.29. The van der Waals surface area contributed by atoms with E-state index in [9.17, 15) is 0 Å². The van der Waals surface area contributed by atoms with Crippen LogP contribution in [0.5, 0.6) is 0 Å². The van der Waals surface area contributed by atoms with E-state index in [1.165, 1.54) is 28.1 Å². The van der Waals surface area contributed by atoms with E-state index in [-0.39, 0.29) is 9.52 Å². The highest BCUT2D eigenvalue weighted by Gasteiger charge is 2.05. The van der Waals surface area contributed by atoms with Crippen molar-refractivity contribution >= 4 is 26.0 Å². The Labute approximate surface area is 99.9 Å². The molecule has 0 aliphatic heterocycles. The largest absolute Gasteiger partial charge is 0.377 e. The van der Waals surface area contributed by atoms with Crippen LogP contribution in [0.1, 0.15) is 5.56 Å². The number of hydrogen-bond donors (Lipinski definition) is 0. The Balaban J connectivity index is 2.66. The van der Waals surface area contributed by atoms with Crippen molar-refractivity contribution in [2.45, 2.75) is 12.6 Å². The highest BCUT2D eigenvalue weighted by atomic mass is 28.2. The number of anilines is 1. The Hall–Kier alpha value is -1.28. The first-order valence-corrected chi connectivity index (χ1v) is 8.33. The molecule has 2 rings (SSSR count). The Morgan fingerprint density at radius 1 is 1.00 bits per heavy atom. The van der Waals surface area contributed by atoms with Crippen molar-refractivity contribution < 1.29 is 0 Å². The summed E-state index contributed by atoms with van der Waals surface area (Å²) in [5.74, 6) is 0. The van der Waals surface area contributed by atoms with Gasteiger partial charge in [0.15, 0.2) is 0 Å². The molecule has 0 atom stereocenters. The molecule has 0 aliphatic carbocycles. The lowest BCUT2D eigenvalue weighted by Crippen LogP contribution is -2.09. The van der Waals surface area contributed by atoms with Crippen LogP contribution in [0, 0.1) is 0 Å². The van der Waals surface area contributed by atoms with E-state index in [0.29, 0.717) is 0 Å². The van der Waals surface area contributed by atoms with Crippen LogP contribution in [0.3, 0.4) is 0 Å². The van der Waals surface area contributed by atoms with Crippen molar-refractivity contribution in [1.82, 2.24) is 0 Å². The van der Waals surface area contributed by atoms with Crippen LogP contribution >= 0.6 is 0 Å². The summed E-state index contributed by atoms with van der Waals surface area (Å²) in [4.78, 5) is 2.19. The van der Waals surface area contributed by atoms with Gasteiger partial charge in [-0.15, -0.1) is 0 Å². The monoisotopic (exact) mass is 229 g/mol. The fourth-order valence-corrected chi connectivity index (χ4v) is 3.21. The third-order valence-electron chi connectivity index (χ3n) is 2.99. The summed E-state index contributed by atoms with van der Waals surface area (Å²) in [5.41, 5.74) is 2.84. The molecular formula is C14H19NSi. The van der Waals surface area contributed by atoms with Gasteiger partial charge in [0.2, 0.25) is 0 Å².